The number of thioether (sulfide) groups is 1. The Morgan fingerprint density at radius 2 is 1.87 bits per heavy atom. The summed E-state index contributed by atoms with van der Waals surface area (Å²) >= 11 is 1.63. The van der Waals surface area contributed by atoms with Crippen molar-refractivity contribution in [2.75, 3.05) is 6.61 Å². The minimum Gasteiger partial charge on any atom is -0.379 e. The van der Waals surface area contributed by atoms with Gasteiger partial charge in [-0.25, -0.2) is 0 Å². The molecule has 4 aromatic rings. The number of benzene rings is 2. The van der Waals surface area contributed by atoms with Crippen LogP contribution in [0.25, 0.3) is 16.7 Å². The molecule has 0 aliphatic carbocycles. The van der Waals surface area contributed by atoms with Gasteiger partial charge in [0.1, 0.15) is 0 Å². The van der Waals surface area contributed by atoms with Gasteiger partial charge in [-0.3, -0.25) is 13.8 Å². The van der Waals surface area contributed by atoms with Crippen molar-refractivity contribution in [1.29, 1.82) is 0 Å². The summed E-state index contributed by atoms with van der Waals surface area (Å²) in [5.74, 6) is 1.37. The lowest BCUT2D eigenvalue weighted by Gasteiger charge is -2.12. The molecule has 4 rings (SSSR count). The molecule has 0 saturated heterocycles. The zero-order chi connectivity index (χ0) is 22.0. The lowest BCUT2D eigenvalue weighted by molar-refractivity contribution is 0.0748. The summed E-state index contributed by atoms with van der Waals surface area (Å²) in [6.45, 7) is 9.27. The molecule has 2 aromatic carbocycles. The Morgan fingerprint density at radius 3 is 2.65 bits per heavy atom. The minimum atomic E-state index is -0.0293. The maximum Gasteiger partial charge on any atom is 0.262 e. The second-order valence-electron chi connectivity index (χ2n) is 8.15. The number of rotatable bonds is 8. The summed E-state index contributed by atoms with van der Waals surface area (Å²) < 4.78 is 9.41. The Morgan fingerprint density at radius 1 is 1.06 bits per heavy atom. The first-order valence-corrected chi connectivity index (χ1v) is 11.6. The van der Waals surface area contributed by atoms with Gasteiger partial charge in [-0.15, -0.1) is 10.2 Å². The fourth-order valence-corrected chi connectivity index (χ4v) is 4.57. The zero-order valence-electron chi connectivity index (χ0n) is 18.5. The van der Waals surface area contributed by atoms with Crippen molar-refractivity contribution >= 4 is 28.4 Å². The summed E-state index contributed by atoms with van der Waals surface area (Å²) in [6, 6.07) is 14.4. The summed E-state index contributed by atoms with van der Waals surface area (Å²) in [5.41, 5.74) is 4.35. The van der Waals surface area contributed by atoms with Crippen molar-refractivity contribution in [1.82, 2.24) is 19.2 Å². The second-order valence-corrected chi connectivity index (χ2v) is 9.09. The predicted octanol–water partition coefficient (Wildman–Crippen LogP) is 4.77. The van der Waals surface area contributed by atoms with Crippen molar-refractivity contribution in [2.24, 2.45) is 0 Å². The number of ether oxygens (including phenoxy) is 1. The maximum absolute atomic E-state index is 13.3. The molecule has 0 amide bonds. The third kappa shape index (κ3) is 4.67. The van der Waals surface area contributed by atoms with Gasteiger partial charge in [0, 0.05) is 18.9 Å². The van der Waals surface area contributed by atoms with Crippen molar-refractivity contribution in [3.8, 4) is 0 Å². The Labute approximate surface area is 186 Å². The van der Waals surface area contributed by atoms with Gasteiger partial charge < -0.3 is 4.74 Å². The van der Waals surface area contributed by atoms with Crippen LogP contribution in [-0.4, -0.2) is 31.9 Å². The molecule has 0 spiro atoms. The molecule has 0 fully saturated rings. The lowest BCUT2D eigenvalue weighted by Crippen LogP contribution is -2.24. The Hall–Kier alpha value is -2.64. The van der Waals surface area contributed by atoms with Crippen LogP contribution < -0.4 is 5.56 Å². The highest BCUT2D eigenvalue weighted by Crippen LogP contribution is 2.25. The van der Waals surface area contributed by atoms with E-state index in [1.54, 1.807) is 16.3 Å². The van der Waals surface area contributed by atoms with Crippen LogP contribution in [-0.2, 0) is 17.0 Å². The van der Waals surface area contributed by atoms with Gasteiger partial charge in [0.25, 0.3) is 5.56 Å². The molecule has 0 unspecified atom stereocenters. The molecule has 0 atom stereocenters. The van der Waals surface area contributed by atoms with E-state index in [0.717, 1.165) is 28.4 Å². The SMILES string of the molecule is Cc1cccc(CSc2nnc3n(CCCOC(C)C)c(=O)c4cc(C)ccc4n23)c1. The van der Waals surface area contributed by atoms with Gasteiger partial charge in [-0.2, -0.15) is 0 Å². The molecule has 0 saturated carbocycles. The average molecular weight is 437 g/mol. The summed E-state index contributed by atoms with van der Waals surface area (Å²) in [7, 11) is 0. The van der Waals surface area contributed by atoms with Gasteiger partial charge in [-0.1, -0.05) is 53.2 Å². The van der Waals surface area contributed by atoms with Crippen LogP contribution in [0.5, 0.6) is 0 Å². The van der Waals surface area contributed by atoms with Crippen LogP contribution in [0.1, 0.15) is 37.0 Å². The van der Waals surface area contributed by atoms with Crippen molar-refractivity contribution in [2.45, 2.75) is 57.7 Å². The van der Waals surface area contributed by atoms with Crippen molar-refractivity contribution in [3.63, 3.8) is 0 Å². The molecular weight excluding hydrogens is 408 g/mol. The van der Waals surface area contributed by atoms with Crippen LogP contribution in [0.2, 0.25) is 0 Å². The van der Waals surface area contributed by atoms with Crippen LogP contribution in [0, 0.1) is 13.8 Å². The highest BCUT2D eigenvalue weighted by atomic mass is 32.2. The normalized spacial score (nSPS) is 11.8. The van der Waals surface area contributed by atoms with Gasteiger partial charge in [0.05, 0.1) is 17.0 Å². The van der Waals surface area contributed by atoms with Crippen LogP contribution in [0.3, 0.4) is 0 Å². The van der Waals surface area contributed by atoms with E-state index < -0.39 is 0 Å². The summed E-state index contributed by atoms with van der Waals surface area (Å²) in [5, 5.41) is 10.3. The molecule has 6 nitrogen and oxygen atoms in total. The van der Waals surface area contributed by atoms with Crippen molar-refractivity contribution < 1.29 is 4.74 Å². The first kappa shape index (κ1) is 21.6. The van der Waals surface area contributed by atoms with E-state index in [4.69, 9.17) is 4.74 Å². The number of fused-ring (bicyclic) bond motifs is 3. The Balaban J connectivity index is 1.74. The van der Waals surface area contributed by atoms with Gasteiger partial charge in [0.2, 0.25) is 5.78 Å². The van der Waals surface area contributed by atoms with Crippen LogP contribution in [0.4, 0.5) is 0 Å². The largest absolute Gasteiger partial charge is 0.379 e. The average Bonchev–Trinajstić information content (AvgIpc) is 3.15. The molecule has 0 radical (unpaired) electrons. The lowest BCUT2D eigenvalue weighted by atomic mass is 10.1. The van der Waals surface area contributed by atoms with Gasteiger partial charge >= 0.3 is 0 Å². The molecule has 2 aromatic heterocycles. The molecule has 0 aliphatic rings. The van der Waals surface area contributed by atoms with E-state index >= 15 is 0 Å². The highest BCUT2D eigenvalue weighted by Gasteiger charge is 2.17. The van der Waals surface area contributed by atoms with E-state index in [1.165, 1.54) is 11.1 Å². The summed E-state index contributed by atoms with van der Waals surface area (Å²) in [6.07, 6.45) is 0.915. The monoisotopic (exact) mass is 436 g/mol. The number of hydrogen-bond donors (Lipinski definition) is 0. The zero-order valence-corrected chi connectivity index (χ0v) is 19.3. The predicted molar refractivity (Wildman–Crippen MR) is 126 cm³/mol. The van der Waals surface area contributed by atoms with E-state index in [-0.39, 0.29) is 11.7 Å². The summed E-state index contributed by atoms with van der Waals surface area (Å²) in [4.78, 5) is 13.3. The Kier molecular flexibility index (Phi) is 6.43. The van der Waals surface area contributed by atoms with Crippen LogP contribution in [0.15, 0.2) is 52.4 Å². The van der Waals surface area contributed by atoms with Gasteiger partial charge in [-0.05, 0) is 51.8 Å². The third-order valence-electron chi connectivity index (χ3n) is 5.15. The highest BCUT2D eigenvalue weighted by molar-refractivity contribution is 7.98. The fourth-order valence-electron chi connectivity index (χ4n) is 3.69. The first-order valence-electron chi connectivity index (χ1n) is 10.6. The van der Waals surface area contributed by atoms with E-state index in [2.05, 4.69) is 41.4 Å². The quantitative estimate of drug-likeness (QED) is 0.294. The molecule has 0 aliphatic heterocycles. The Bertz CT molecular complexity index is 1280. The van der Waals surface area contributed by atoms with E-state index in [1.807, 2.05) is 43.4 Å². The molecule has 162 valence electrons. The number of aryl methyl sites for hydroxylation is 3. The molecule has 0 N–H and O–H groups in total. The minimum absolute atomic E-state index is 0.0293. The maximum atomic E-state index is 13.3. The molecule has 7 heteroatoms. The number of aromatic nitrogens is 4. The molecule has 31 heavy (non-hydrogen) atoms. The smallest absolute Gasteiger partial charge is 0.262 e. The van der Waals surface area contributed by atoms with Gasteiger partial charge in [0.15, 0.2) is 5.16 Å². The number of nitrogens with zero attached hydrogens (tertiary/aromatic N) is 4. The first-order chi connectivity index (χ1) is 14.9. The second kappa shape index (κ2) is 9.24. The third-order valence-corrected chi connectivity index (χ3v) is 6.15. The standard InChI is InChI=1S/C24H28N4O2S/c1-16(2)30-12-6-11-27-22(29)20-14-18(4)9-10-21(20)28-23(27)25-26-24(28)31-15-19-8-5-7-17(3)13-19/h5,7-10,13-14,16H,6,11-12,15H2,1-4H3. The van der Waals surface area contributed by atoms with E-state index in [9.17, 15) is 4.79 Å². The molecular formula is C24H28N4O2S. The van der Waals surface area contributed by atoms with E-state index in [0.29, 0.717) is 24.3 Å². The van der Waals surface area contributed by atoms with Crippen LogP contribution >= 0.6 is 11.8 Å². The molecule has 0 bridgehead atoms. The number of hydrogen-bond acceptors (Lipinski definition) is 5. The topological polar surface area (TPSA) is 61.4 Å². The molecule has 2 heterocycles. The fraction of sp³-hybridized carbons (Fsp3) is 0.375. The van der Waals surface area contributed by atoms with Crippen molar-refractivity contribution in [3.05, 3.63) is 69.5 Å².